The van der Waals surface area contributed by atoms with Crippen molar-refractivity contribution in [2.24, 2.45) is 0 Å². The van der Waals surface area contributed by atoms with Crippen LogP contribution in [0.5, 0.6) is 0 Å². The number of hydrogen-bond donors (Lipinski definition) is 0. The van der Waals surface area contributed by atoms with Gasteiger partial charge in [0.2, 0.25) is 0 Å². The lowest BCUT2D eigenvalue weighted by molar-refractivity contribution is 0.203. The van der Waals surface area contributed by atoms with Crippen LogP contribution in [0.4, 0.5) is 0 Å². The molecule has 0 atom stereocenters. The van der Waals surface area contributed by atoms with Crippen molar-refractivity contribution >= 4 is 11.0 Å². The van der Waals surface area contributed by atoms with Crippen LogP contribution in [0.25, 0.3) is 11.0 Å². The average molecular weight is 349 g/mol. The minimum Gasteiger partial charge on any atom is -0.423 e. The minimum atomic E-state index is -0.272. The van der Waals surface area contributed by atoms with Gasteiger partial charge in [0, 0.05) is 35.8 Å². The van der Waals surface area contributed by atoms with Crippen LogP contribution < -0.4 is 5.63 Å². The third kappa shape index (κ3) is 3.40. The van der Waals surface area contributed by atoms with Crippen LogP contribution in [0, 0.1) is 13.8 Å². The van der Waals surface area contributed by atoms with E-state index < -0.39 is 0 Å². The summed E-state index contributed by atoms with van der Waals surface area (Å²) in [7, 11) is 0. The molecule has 2 aromatic heterocycles. The monoisotopic (exact) mass is 349 g/mol. The highest BCUT2D eigenvalue weighted by atomic mass is 16.4. The molecule has 0 unspecified atom stereocenters. The molecule has 1 fully saturated rings. The van der Waals surface area contributed by atoms with Gasteiger partial charge < -0.3 is 4.42 Å². The molecule has 0 N–H and O–H groups in total. The molecule has 3 aromatic rings. The Kier molecular flexibility index (Phi) is 4.55. The van der Waals surface area contributed by atoms with Gasteiger partial charge in [-0.1, -0.05) is 0 Å². The second kappa shape index (κ2) is 7.00. The molecule has 1 aliphatic rings. The summed E-state index contributed by atoms with van der Waals surface area (Å²) < 4.78 is 5.41. The Morgan fingerprint density at radius 1 is 1.15 bits per heavy atom. The third-order valence-electron chi connectivity index (χ3n) is 5.45. The van der Waals surface area contributed by atoms with Crippen LogP contribution in [-0.2, 0) is 6.54 Å². The fourth-order valence-electron chi connectivity index (χ4n) is 3.78. The van der Waals surface area contributed by atoms with E-state index in [2.05, 4.69) is 27.9 Å². The van der Waals surface area contributed by atoms with Gasteiger partial charge in [0.25, 0.3) is 0 Å². The fraction of sp³-hybridized carbons (Fsp3) is 0.381. The lowest BCUT2D eigenvalue weighted by Gasteiger charge is -2.31. The van der Waals surface area contributed by atoms with Crippen LogP contribution in [0.1, 0.15) is 41.1 Å². The highest BCUT2D eigenvalue weighted by Crippen LogP contribution is 2.28. The average Bonchev–Trinajstić information content (AvgIpc) is 2.65. The van der Waals surface area contributed by atoms with E-state index in [1.54, 1.807) is 12.4 Å². The lowest BCUT2D eigenvalue weighted by atomic mass is 9.93. The fourth-order valence-corrected chi connectivity index (χ4v) is 3.78. The summed E-state index contributed by atoms with van der Waals surface area (Å²) in [6.07, 6.45) is 5.60. The van der Waals surface area contributed by atoms with E-state index >= 15 is 0 Å². The standard InChI is InChI=1S/C21H23N3O2/c1-14-9-18-17(11-21(25)26-20(18)10-15(14)2)12-24-7-4-16(5-8-24)19-3-6-22-13-23-19/h3,6,9-11,13,16H,4-5,7-8,12H2,1-2H3. The number of aryl methyl sites for hydroxylation is 2. The molecule has 1 aromatic carbocycles. The molecule has 0 saturated carbocycles. The molecular weight excluding hydrogens is 326 g/mol. The smallest absolute Gasteiger partial charge is 0.336 e. The molecule has 5 heteroatoms. The van der Waals surface area contributed by atoms with E-state index in [9.17, 15) is 4.79 Å². The van der Waals surface area contributed by atoms with Crippen molar-refractivity contribution in [1.82, 2.24) is 14.9 Å². The molecule has 0 radical (unpaired) electrons. The molecule has 134 valence electrons. The van der Waals surface area contributed by atoms with Gasteiger partial charge in [-0.15, -0.1) is 0 Å². The van der Waals surface area contributed by atoms with Gasteiger partial charge >= 0.3 is 5.63 Å². The molecule has 5 nitrogen and oxygen atoms in total. The van der Waals surface area contributed by atoms with Crippen molar-refractivity contribution < 1.29 is 4.42 Å². The van der Waals surface area contributed by atoms with Crippen LogP contribution >= 0.6 is 0 Å². The molecule has 4 rings (SSSR count). The van der Waals surface area contributed by atoms with Crippen LogP contribution in [0.3, 0.4) is 0 Å². The van der Waals surface area contributed by atoms with Crippen molar-refractivity contribution in [3.8, 4) is 0 Å². The highest BCUT2D eigenvalue weighted by molar-refractivity contribution is 5.81. The van der Waals surface area contributed by atoms with Crippen molar-refractivity contribution in [2.75, 3.05) is 13.1 Å². The number of likely N-dealkylation sites (tertiary alicyclic amines) is 1. The maximum atomic E-state index is 12.0. The SMILES string of the molecule is Cc1cc2oc(=O)cc(CN3CCC(c4ccncn4)CC3)c2cc1C. The Bertz CT molecular complexity index is 974. The summed E-state index contributed by atoms with van der Waals surface area (Å²) >= 11 is 0. The zero-order valence-corrected chi connectivity index (χ0v) is 15.2. The Morgan fingerprint density at radius 2 is 1.92 bits per heavy atom. The number of rotatable bonds is 3. The van der Waals surface area contributed by atoms with E-state index in [0.29, 0.717) is 11.5 Å². The molecule has 1 aliphatic heterocycles. The van der Waals surface area contributed by atoms with Gasteiger partial charge in [-0.05, 0) is 74.7 Å². The maximum absolute atomic E-state index is 12.0. The molecule has 0 bridgehead atoms. The van der Waals surface area contributed by atoms with Crippen LogP contribution in [-0.4, -0.2) is 28.0 Å². The zero-order chi connectivity index (χ0) is 18.1. The third-order valence-corrected chi connectivity index (χ3v) is 5.45. The van der Waals surface area contributed by atoms with Crippen molar-refractivity contribution in [3.63, 3.8) is 0 Å². The van der Waals surface area contributed by atoms with E-state index in [1.807, 2.05) is 25.3 Å². The molecule has 0 aliphatic carbocycles. The normalized spacial score (nSPS) is 16.2. The Labute approximate surface area is 152 Å². The second-order valence-electron chi connectivity index (χ2n) is 7.21. The number of aromatic nitrogens is 2. The van der Waals surface area contributed by atoms with E-state index in [4.69, 9.17) is 4.42 Å². The number of nitrogens with zero attached hydrogens (tertiary/aromatic N) is 3. The molecule has 3 heterocycles. The first-order valence-corrected chi connectivity index (χ1v) is 9.12. The first-order chi connectivity index (χ1) is 12.6. The number of benzene rings is 1. The summed E-state index contributed by atoms with van der Waals surface area (Å²) in [5.41, 5.74) is 4.97. The zero-order valence-electron chi connectivity index (χ0n) is 15.2. The van der Waals surface area contributed by atoms with Crippen LogP contribution in [0.15, 0.2) is 46.0 Å². The second-order valence-corrected chi connectivity index (χ2v) is 7.21. The molecule has 1 saturated heterocycles. The molecule has 0 amide bonds. The van der Waals surface area contributed by atoms with Crippen molar-refractivity contribution in [1.29, 1.82) is 0 Å². The predicted molar refractivity (Wildman–Crippen MR) is 101 cm³/mol. The van der Waals surface area contributed by atoms with Crippen molar-refractivity contribution in [2.45, 2.75) is 39.2 Å². The number of hydrogen-bond acceptors (Lipinski definition) is 5. The summed E-state index contributed by atoms with van der Waals surface area (Å²) in [6, 6.07) is 7.77. The van der Waals surface area contributed by atoms with Crippen LogP contribution in [0.2, 0.25) is 0 Å². The summed E-state index contributed by atoms with van der Waals surface area (Å²) in [5.74, 6) is 0.497. The maximum Gasteiger partial charge on any atom is 0.336 e. The molecular formula is C21H23N3O2. The van der Waals surface area contributed by atoms with E-state index in [-0.39, 0.29) is 5.63 Å². The Balaban J connectivity index is 1.53. The van der Waals surface area contributed by atoms with E-state index in [0.717, 1.165) is 54.7 Å². The summed E-state index contributed by atoms with van der Waals surface area (Å²) in [6.45, 7) is 6.92. The van der Waals surface area contributed by atoms with Gasteiger partial charge in [-0.2, -0.15) is 0 Å². The summed E-state index contributed by atoms with van der Waals surface area (Å²) in [4.78, 5) is 22.8. The molecule has 0 spiro atoms. The van der Waals surface area contributed by atoms with Gasteiger partial charge in [0.05, 0.1) is 0 Å². The first-order valence-electron chi connectivity index (χ1n) is 9.12. The largest absolute Gasteiger partial charge is 0.423 e. The Hall–Kier alpha value is -2.53. The topological polar surface area (TPSA) is 59.2 Å². The summed E-state index contributed by atoms with van der Waals surface area (Å²) in [5, 5.41) is 1.05. The van der Waals surface area contributed by atoms with Gasteiger partial charge in [-0.3, -0.25) is 4.90 Å². The minimum absolute atomic E-state index is 0.272. The highest BCUT2D eigenvalue weighted by Gasteiger charge is 2.22. The number of fused-ring (bicyclic) bond motifs is 1. The predicted octanol–water partition coefficient (Wildman–Crippen LogP) is 3.58. The van der Waals surface area contributed by atoms with Gasteiger partial charge in [-0.25, -0.2) is 14.8 Å². The number of piperidine rings is 1. The van der Waals surface area contributed by atoms with Gasteiger partial charge in [0.15, 0.2) is 0 Å². The lowest BCUT2D eigenvalue weighted by Crippen LogP contribution is -2.33. The quantitative estimate of drug-likeness (QED) is 0.677. The Morgan fingerprint density at radius 3 is 2.65 bits per heavy atom. The first kappa shape index (κ1) is 16.9. The molecule has 26 heavy (non-hydrogen) atoms. The van der Waals surface area contributed by atoms with Gasteiger partial charge in [0.1, 0.15) is 11.9 Å². The van der Waals surface area contributed by atoms with E-state index in [1.165, 1.54) is 5.56 Å². The van der Waals surface area contributed by atoms with Crippen molar-refractivity contribution in [3.05, 3.63) is 69.6 Å².